The van der Waals surface area contributed by atoms with Gasteiger partial charge in [0.25, 0.3) is 0 Å². The van der Waals surface area contributed by atoms with Crippen molar-refractivity contribution in [2.45, 2.75) is 19.9 Å². The number of nitrogens with zero attached hydrogens (tertiary/aromatic N) is 3. The van der Waals surface area contributed by atoms with Gasteiger partial charge in [0.05, 0.1) is 18.0 Å². The number of amides is 1. The van der Waals surface area contributed by atoms with E-state index < -0.39 is 5.97 Å². The highest BCUT2D eigenvalue weighted by molar-refractivity contribution is 5.88. The normalized spacial score (nSPS) is 17.6. The smallest absolute Gasteiger partial charge is 0.335 e. The standard InChI is InChI=1S/C17H20N4O4/c1-2-18-16(22)13-7-8-21(9-13)10-14-19-15(20-25-14)11-3-5-12(6-4-11)17(23)24/h3-6,13H,2,7-10H2,1H3,(H,18,22)(H,23,24). The van der Waals surface area contributed by atoms with Crippen LogP contribution in [-0.4, -0.2) is 51.7 Å². The Labute approximate surface area is 144 Å². The van der Waals surface area contributed by atoms with Crippen LogP contribution < -0.4 is 5.32 Å². The molecule has 1 aliphatic rings. The molecule has 1 atom stereocenters. The Bertz CT molecular complexity index is 756. The van der Waals surface area contributed by atoms with Crippen LogP contribution in [0.3, 0.4) is 0 Å². The molecule has 0 aliphatic carbocycles. The maximum Gasteiger partial charge on any atom is 0.335 e. The van der Waals surface area contributed by atoms with E-state index in [1.54, 1.807) is 12.1 Å². The van der Waals surface area contributed by atoms with Gasteiger partial charge in [-0.15, -0.1) is 0 Å². The first-order valence-corrected chi connectivity index (χ1v) is 8.23. The SMILES string of the molecule is CCNC(=O)C1CCN(Cc2nc(-c3ccc(C(=O)O)cc3)no2)C1. The summed E-state index contributed by atoms with van der Waals surface area (Å²) >= 11 is 0. The number of carbonyl (C=O) groups excluding carboxylic acids is 1. The molecule has 8 nitrogen and oxygen atoms in total. The number of rotatable bonds is 6. The van der Waals surface area contributed by atoms with Crippen molar-refractivity contribution in [1.82, 2.24) is 20.4 Å². The molecule has 0 radical (unpaired) electrons. The molecule has 8 heteroatoms. The van der Waals surface area contributed by atoms with Crippen molar-refractivity contribution in [3.8, 4) is 11.4 Å². The maximum absolute atomic E-state index is 11.9. The van der Waals surface area contributed by atoms with Crippen molar-refractivity contribution in [1.29, 1.82) is 0 Å². The number of likely N-dealkylation sites (tertiary alicyclic amines) is 1. The van der Waals surface area contributed by atoms with Crippen molar-refractivity contribution in [2.75, 3.05) is 19.6 Å². The van der Waals surface area contributed by atoms with Gasteiger partial charge in [-0.25, -0.2) is 4.79 Å². The van der Waals surface area contributed by atoms with E-state index in [9.17, 15) is 9.59 Å². The molecule has 2 heterocycles. The number of nitrogens with one attached hydrogen (secondary N) is 1. The summed E-state index contributed by atoms with van der Waals surface area (Å²) in [4.78, 5) is 29.2. The number of carboxylic acids is 1. The van der Waals surface area contributed by atoms with Gasteiger partial charge in [-0.05, 0) is 32.0 Å². The molecular weight excluding hydrogens is 324 g/mol. The number of hydrogen-bond acceptors (Lipinski definition) is 6. The molecular formula is C17H20N4O4. The zero-order valence-corrected chi connectivity index (χ0v) is 13.9. The second-order valence-electron chi connectivity index (χ2n) is 6.01. The van der Waals surface area contributed by atoms with Crippen molar-refractivity contribution in [3.05, 3.63) is 35.7 Å². The quantitative estimate of drug-likeness (QED) is 0.815. The van der Waals surface area contributed by atoms with Crippen molar-refractivity contribution >= 4 is 11.9 Å². The number of carboxylic acid groups (broad SMARTS) is 1. The average molecular weight is 344 g/mol. The second-order valence-corrected chi connectivity index (χ2v) is 6.01. The third-order valence-corrected chi connectivity index (χ3v) is 4.21. The van der Waals surface area contributed by atoms with Gasteiger partial charge >= 0.3 is 5.97 Å². The fourth-order valence-corrected chi connectivity index (χ4v) is 2.90. The second kappa shape index (κ2) is 7.43. The lowest BCUT2D eigenvalue weighted by molar-refractivity contribution is -0.124. The fraction of sp³-hybridized carbons (Fsp3) is 0.412. The predicted octanol–water partition coefficient (Wildman–Crippen LogP) is 1.39. The van der Waals surface area contributed by atoms with Crippen LogP contribution in [0.5, 0.6) is 0 Å². The minimum Gasteiger partial charge on any atom is -0.478 e. The third kappa shape index (κ3) is 4.03. The van der Waals surface area contributed by atoms with E-state index in [0.717, 1.165) is 13.0 Å². The lowest BCUT2D eigenvalue weighted by Crippen LogP contribution is -2.32. The lowest BCUT2D eigenvalue weighted by atomic mass is 10.1. The molecule has 2 aromatic rings. The first-order chi connectivity index (χ1) is 12.1. The lowest BCUT2D eigenvalue weighted by Gasteiger charge is -2.13. The molecule has 0 bridgehead atoms. The topological polar surface area (TPSA) is 109 Å². The first kappa shape index (κ1) is 17.1. The van der Waals surface area contributed by atoms with Crippen LogP contribution in [0, 0.1) is 5.92 Å². The van der Waals surface area contributed by atoms with Gasteiger partial charge in [-0.3, -0.25) is 9.69 Å². The van der Waals surface area contributed by atoms with Crippen LogP contribution in [0.15, 0.2) is 28.8 Å². The molecule has 1 aliphatic heterocycles. The molecule has 1 fully saturated rings. The summed E-state index contributed by atoms with van der Waals surface area (Å²) in [5.41, 5.74) is 0.905. The Morgan fingerprint density at radius 2 is 2.12 bits per heavy atom. The van der Waals surface area contributed by atoms with Crippen molar-refractivity contribution in [3.63, 3.8) is 0 Å². The summed E-state index contributed by atoms with van der Waals surface area (Å²) in [5, 5.41) is 15.7. The first-order valence-electron chi connectivity index (χ1n) is 8.23. The molecule has 3 rings (SSSR count). The summed E-state index contributed by atoms with van der Waals surface area (Å²) in [6, 6.07) is 6.31. The van der Waals surface area contributed by atoms with Crippen LogP contribution in [0.4, 0.5) is 0 Å². The molecule has 25 heavy (non-hydrogen) atoms. The average Bonchev–Trinajstić information content (AvgIpc) is 3.25. The van der Waals surface area contributed by atoms with Crippen molar-refractivity contribution < 1.29 is 19.2 Å². The number of hydrogen-bond donors (Lipinski definition) is 2. The molecule has 2 N–H and O–H groups in total. The van der Waals surface area contributed by atoms with E-state index in [-0.39, 0.29) is 17.4 Å². The monoisotopic (exact) mass is 344 g/mol. The zero-order chi connectivity index (χ0) is 17.8. The molecule has 1 unspecified atom stereocenters. The van der Waals surface area contributed by atoms with Crippen LogP contribution >= 0.6 is 0 Å². The van der Waals surface area contributed by atoms with Gasteiger partial charge in [-0.2, -0.15) is 4.98 Å². The van der Waals surface area contributed by atoms with E-state index in [4.69, 9.17) is 9.63 Å². The highest BCUT2D eigenvalue weighted by Gasteiger charge is 2.28. The Hall–Kier alpha value is -2.74. The molecule has 1 aromatic heterocycles. The van der Waals surface area contributed by atoms with Gasteiger partial charge in [-0.1, -0.05) is 17.3 Å². The van der Waals surface area contributed by atoms with E-state index in [1.165, 1.54) is 12.1 Å². The summed E-state index contributed by atoms with van der Waals surface area (Å²) in [5.74, 6) is 0.0250. The Morgan fingerprint density at radius 3 is 2.80 bits per heavy atom. The van der Waals surface area contributed by atoms with Crippen molar-refractivity contribution in [2.24, 2.45) is 5.92 Å². The van der Waals surface area contributed by atoms with Gasteiger partial charge in [0, 0.05) is 18.7 Å². The van der Waals surface area contributed by atoms with E-state index in [1.807, 2.05) is 6.92 Å². The molecule has 0 spiro atoms. The summed E-state index contributed by atoms with van der Waals surface area (Å²) in [6.07, 6.45) is 0.823. The van der Waals surface area contributed by atoms with E-state index in [2.05, 4.69) is 20.4 Å². The molecule has 1 aromatic carbocycles. The van der Waals surface area contributed by atoms with Gasteiger partial charge in [0.15, 0.2) is 0 Å². The minimum absolute atomic E-state index is 0.00547. The van der Waals surface area contributed by atoms with Crippen LogP contribution in [-0.2, 0) is 11.3 Å². The number of benzene rings is 1. The Balaban J connectivity index is 1.60. The van der Waals surface area contributed by atoms with Crippen LogP contribution in [0.25, 0.3) is 11.4 Å². The van der Waals surface area contributed by atoms with Gasteiger partial charge in [0.1, 0.15) is 0 Å². The molecule has 132 valence electrons. The predicted molar refractivity (Wildman–Crippen MR) is 88.8 cm³/mol. The maximum atomic E-state index is 11.9. The van der Waals surface area contributed by atoms with Gasteiger partial charge in [0.2, 0.25) is 17.6 Å². The zero-order valence-electron chi connectivity index (χ0n) is 13.9. The highest BCUT2D eigenvalue weighted by atomic mass is 16.5. The number of carbonyl (C=O) groups is 2. The Morgan fingerprint density at radius 1 is 1.36 bits per heavy atom. The molecule has 1 amide bonds. The third-order valence-electron chi connectivity index (χ3n) is 4.21. The molecule has 0 saturated carbocycles. The number of aromatic carboxylic acids is 1. The summed E-state index contributed by atoms with van der Waals surface area (Å²) < 4.78 is 5.28. The Kier molecular flexibility index (Phi) is 5.08. The fourth-order valence-electron chi connectivity index (χ4n) is 2.90. The minimum atomic E-state index is -0.976. The van der Waals surface area contributed by atoms with E-state index in [0.29, 0.717) is 36.9 Å². The number of aromatic nitrogens is 2. The summed E-state index contributed by atoms with van der Waals surface area (Å²) in [7, 11) is 0. The molecule has 1 saturated heterocycles. The highest BCUT2D eigenvalue weighted by Crippen LogP contribution is 2.21. The van der Waals surface area contributed by atoms with Crippen LogP contribution in [0.1, 0.15) is 29.6 Å². The largest absolute Gasteiger partial charge is 0.478 e. The van der Waals surface area contributed by atoms with Gasteiger partial charge < -0.3 is 14.9 Å². The van der Waals surface area contributed by atoms with Crippen LogP contribution in [0.2, 0.25) is 0 Å². The van der Waals surface area contributed by atoms with E-state index >= 15 is 0 Å². The summed E-state index contributed by atoms with van der Waals surface area (Å²) in [6.45, 7) is 4.54.